The molecule has 0 saturated heterocycles. The van der Waals surface area contributed by atoms with Crippen molar-refractivity contribution in [3.8, 4) is 0 Å². The van der Waals surface area contributed by atoms with Crippen molar-refractivity contribution in [1.82, 2.24) is 29.9 Å². The summed E-state index contributed by atoms with van der Waals surface area (Å²) < 4.78 is 21.6. The van der Waals surface area contributed by atoms with Crippen molar-refractivity contribution in [3.63, 3.8) is 0 Å². The van der Waals surface area contributed by atoms with E-state index in [0.29, 0.717) is 54.3 Å². The third-order valence-corrected chi connectivity index (χ3v) is 6.31. The largest absolute Gasteiger partial charge is 0.425 e. The van der Waals surface area contributed by atoms with Crippen molar-refractivity contribution >= 4 is 11.0 Å². The number of aromatic nitrogens is 6. The van der Waals surface area contributed by atoms with Crippen LogP contribution < -0.4 is 5.56 Å². The van der Waals surface area contributed by atoms with Gasteiger partial charge in [-0.2, -0.15) is 5.10 Å². The summed E-state index contributed by atoms with van der Waals surface area (Å²) in [6.45, 7) is 3.42. The second-order valence-electron chi connectivity index (χ2n) is 8.37. The van der Waals surface area contributed by atoms with Gasteiger partial charge in [-0.05, 0) is 45.4 Å². The molecule has 28 heavy (non-hydrogen) atoms. The zero-order chi connectivity index (χ0) is 19.5. The minimum absolute atomic E-state index is 0.0424. The monoisotopic (exact) mass is 386 g/mol. The van der Waals surface area contributed by atoms with Crippen LogP contribution in [0.25, 0.3) is 11.0 Å². The molecule has 5 rings (SSSR count). The summed E-state index contributed by atoms with van der Waals surface area (Å²) in [6.07, 6.45) is 5.77. The van der Waals surface area contributed by atoms with Gasteiger partial charge in [0.1, 0.15) is 16.9 Å². The summed E-state index contributed by atoms with van der Waals surface area (Å²) in [5, 5.41) is 12.9. The Balaban J connectivity index is 1.49. The number of rotatable bonds is 3. The Morgan fingerprint density at radius 3 is 2.61 bits per heavy atom. The molecule has 2 fully saturated rings. The van der Waals surface area contributed by atoms with E-state index in [4.69, 9.17) is 9.40 Å². The lowest BCUT2D eigenvalue weighted by Crippen LogP contribution is -2.29. The average molecular weight is 386 g/mol. The van der Waals surface area contributed by atoms with E-state index in [9.17, 15) is 9.18 Å². The van der Waals surface area contributed by atoms with Crippen molar-refractivity contribution in [2.24, 2.45) is 0 Å². The number of alkyl halides is 1. The van der Waals surface area contributed by atoms with Crippen molar-refractivity contribution in [2.75, 3.05) is 0 Å². The zero-order valence-corrected chi connectivity index (χ0v) is 16.0. The van der Waals surface area contributed by atoms with E-state index < -0.39 is 5.67 Å². The topological polar surface area (TPSA) is 102 Å². The highest BCUT2D eigenvalue weighted by atomic mass is 19.1. The SMILES string of the molecule is Cc1nnc([C@H]2CC[C@H]2c2nc3c(cnn3C3CCC(C)(F)CC3)c(=O)[nH]2)o1. The summed E-state index contributed by atoms with van der Waals surface area (Å²) in [5.74, 6) is 1.88. The minimum atomic E-state index is -1.11. The molecule has 9 heteroatoms. The predicted molar refractivity (Wildman–Crippen MR) is 98.9 cm³/mol. The van der Waals surface area contributed by atoms with Gasteiger partial charge in [0.2, 0.25) is 11.8 Å². The maximum Gasteiger partial charge on any atom is 0.262 e. The number of hydrogen-bond donors (Lipinski definition) is 1. The second kappa shape index (κ2) is 6.22. The summed E-state index contributed by atoms with van der Waals surface area (Å²) in [6, 6.07) is 0.0688. The zero-order valence-electron chi connectivity index (χ0n) is 16.0. The molecule has 0 aromatic carbocycles. The highest BCUT2D eigenvalue weighted by Gasteiger charge is 2.39. The Labute approximate surface area is 160 Å². The molecule has 2 aliphatic carbocycles. The lowest BCUT2D eigenvalue weighted by molar-refractivity contribution is 0.103. The van der Waals surface area contributed by atoms with Crippen LogP contribution in [0, 0.1) is 6.92 Å². The van der Waals surface area contributed by atoms with Gasteiger partial charge in [-0.3, -0.25) is 4.79 Å². The lowest BCUT2D eigenvalue weighted by atomic mass is 9.73. The molecule has 0 amide bonds. The van der Waals surface area contributed by atoms with Gasteiger partial charge >= 0.3 is 0 Å². The molecule has 0 radical (unpaired) electrons. The number of nitrogens with zero attached hydrogens (tertiary/aromatic N) is 5. The molecule has 0 aliphatic heterocycles. The first kappa shape index (κ1) is 17.5. The standard InChI is InChI=1S/C19H23FN6O2/c1-10-24-25-18(28-10)13-4-3-12(13)15-22-16-14(17(27)23-15)9-21-26(16)11-5-7-19(2,20)8-6-11/h9,11-13H,3-8H2,1-2H3,(H,22,23,27)/t11?,12-,13+,19?/m1/s1. The van der Waals surface area contributed by atoms with Gasteiger partial charge in [-0.1, -0.05) is 0 Å². The number of H-pyrrole nitrogens is 1. The van der Waals surface area contributed by atoms with Gasteiger partial charge in [0, 0.05) is 18.8 Å². The Hall–Kier alpha value is -2.58. The highest BCUT2D eigenvalue weighted by molar-refractivity contribution is 5.73. The summed E-state index contributed by atoms with van der Waals surface area (Å²) in [7, 11) is 0. The van der Waals surface area contributed by atoms with Gasteiger partial charge in [0.05, 0.1) is 12.2 Å². The maximum absolute atomic E-state index is 14.2. The van der Waals surface area contributed by atoms with E-state index >= 15 is 0 Å². The van der Waals surface area contributed by atoms with Gasteiger partial charge in [0.25, 0.3) is 5.56 Å². The van der Waals surface area contributed by atoms with Crippen LogP contribution >= 0.6 is 0 Å². The maximum atomic E-state index is 14.2. The Bertz CT molecular complexity index is 1070. The summed E-state index contributed by atoms with van der Waals surface area (Å²) in [5.41, 5.74) is -0.722. The molecule has 3 aromatic rings. The molecule has 0 unspecified atom stereocenters. The first-order chi connectivity index (χ1) is 13.4. The van der Waals surface area contributed by atoms with Crippen LogP contribution in [-0.2, 0) is 0 Å². The molecule has 148 valence electrons. The molecule has 3 heterocycles. The van der Waals surface area contributed by atoms with E-state index in [0.717, 1.165) is 12.8 Å². The van der Waals surface area contributed by atoms with E-state index in [1.807, 2.05) is 4.68 Å². The molecule has 2 atom stereocenters. The quantitative estimate of drug-likeness (QED) is 0.741. The first-order valence-corrected chi connectivity index (χ1v) is 9.88. The fourth-order valence-corrected chi connectivity index (χ4v) is 4.43. The minimum Gasteiger partial charge on any atom is -0.425 e. The van der Waals surface area contributed by atoms with Crippen molar-refractivity contribution < 1.29 is 8.81 Å². The number of aryl methyl sites for hydroxylation is 1. The molecule has 2 saturated carbocycles. The second-order valence-corrected chi connectivity index (χ2v) is 8.37. The number of nitrogens with one attached hydrogen (secondary N) is 1. The third kappa shape index (κ3) is 2.84. The van der Waals surface area contributed by atoms with E-state index in [-0.39, 0.29) is 23.4 Å². The van der Waals surface area contributed by atoms with E-state index in [2.05, 4.69) is 20.3 Å². The van der Waals surface area contributed by atoms with Crippen LogP contribution in [0.3, 0.4) is 0 Å². The van der Waals surface area contributed by atoms with Crippen LogP contribution in [0.4, 0.5) is 4.39 Å². The van der Waals surface area contributed by atoms with Crippen LogP contribution in [-0.4, -0.2) is 35.6 Å². The number of hydrogen-bond acceptors (Lipinski definition) is 6. The smallest absolute Gasteiger partial charge is 0.262 e. The van der Waals surface area contributed by atoms with Gasteiger partial charge in [0.15, 0.2) is 5.65 Å². The van der Waals surface area contributed by atoms with E-state index in [1.54, 1.807) is 20.0 Å². The molecular formula is C19H23FN6O2. The van der Waals surface area contributed by atoms with Crippen molar-refractivity contribution in [1.29, 1.82) is 0 Å². The molecular weight excluding hydrogens is 363 g/mol. The molecule has 2 aliphatic rings. The van der Waals surface area contributed by atoms with E-state index in [1.165, 1.54) is 0 Å². The summed E-state index contributed by atoms with van der Waals surface area (Å²) in [4.78, 5) is 20.3. The van der Waals surface area contributed by atoms with Crippen molar-refractivity contribution in [2.45, 2.75) is 75.9 Å². The first-order valence-electron chi connectivity index (χ1n) is 9.88. The van der Waals surface area contributed by atoms with Gasteiger partial charge < -0.3 is 9.40 Å². The van der Waals surface area contributed by atoms with Crippen molar-refractivity contribution in [3.05, 3.63) is 34.2 Å². The Morgan fingerprint density at radius 1 is 1.21 bits per heavy atom. The average Bonchev–Trinajstić information content (AvgIpc) is 3.21. The van der Waals surface area contributed by atoms with Crippen LogP contribution in [0.15, 0.2) is 15.4 Å². The number of fused-ring (bicyclic) bond motifs is 1. The Kier molecular flexibility index (Phi) is 3.89. The molecule has 3 aromatic heterocycles. The van der Waals surface area contributed by atoms with Crippen LogP contribution in [0.2, 0.25) is 0 Å². The summed E-state index contributed by atoms with van der Waals surface area (Å²) >= 11 is 0. The fourth-order valence-electron chi connectivity index (χ4n) is 4.43. The van der Waals surface area contributed by atoms with Gasteiger partial charge in [-0.15, -0.1) is 10.2 Å². The predicted octanol–water partition coefficient (Wildman–Crippen LogP) is 3.32. The molecule has 0 bridgehead atoms. The highest BCUT2D eigenvalue weighted by Crippen LogP contribution is 2.47. The Morgan fingerprint density at radius 2 is 1.96 bits per heavy atom. The third-order valence-electron chi connectivity index (χ3n) is 6.31. The van der Waals surface area contributed by atoms with Crippen LogP contribution in [0.5, 0.6) is 0 Å². The fraction of sp³-hybridized carbons (Fsp3) is 0.632. The molecule has 1 N–H and O–H groups in total. The lowest BCUT2D eigenvalue weighted by Gasteiger charge is -2.33. The molecule has 0 spiro atoms. The normalized spacial score (nSPS) is 30.5. The van der Waals surface area contributed by atoms with Crippen LogP contribution in [0.1, 0.15) is 80.9 Å². The van der Waals surface area contributed by atoms with Gasteiger partial charge in [-0.25, -0.2) is 14.1 Å². The molecule has 8 nitrogen and oxygen atoms in total. The number of halogens is 1. The number of aromatic amines is 1.